The minimum Gasteiger partial charge on any atom is -0.351 e. The fraction of sp³-hybridized carbons (Fsp3) is 0.522. The molecule has 0 aliphatic carbocycles. The Morgan fingerprint density at radius 2 is 1.59 bits per heavy atom. The molecule has 0 unspecified atom stereocenters. The maximum absolute atomic E-state index is 12.6. The third-order valence-electron chi connectivity index (χ3n) is 5.90. The number of hydrogen-bond donors (Lipinski definition) is 1. The van der Waals surface area contributed by atoms with Crippen LogP contribution in [-0.4, -0.2) is 60.0 Å². The van der Waals surface area contributed by atoms with Gasteiger partial charge in [-0.25, -0.2) is 9.97 Å². The topological polar surface area (TPSA) is 61.4 Å². The van der Waals surface area contributed by atoms with E-state index < -0.39 is 0 Å². The Hall–Kier alpha value is -2.47. The molecule has 6 heteroatoms. The molecule has 0 atom stereocenters. The second kappa shape index (κ2) is 9.83. The highest BCUT2D eigenvalue weighted by atomic mass is 16.1. The van der Waals surface area contributed by atoms with Crippen molar-refractivity contribution in [2.75, 3.05) is 44.2 Å². The van der Waals surface area contributed by atoms with Gasteiger partial charge in [0.25, 0.3) is 5.91 Å². The van der Waals surface area contributed by atoms with E-state index in [9.17, 15) is 4.79 Å². The molecule has 3 heterocycles. The van der Waals surface area contributed by atoms with Gasteiger partial charge in [0.15, 0.2) is 0 Å². The number of carbonyl (C=O) groups excluding carboxylic acids is 1. The first-order valence-corrected chi connectivity index (χ1v) is 11.0. The molecule has 0 radical (unpaired) electrons. The van der Waals surface area contributed by atoms with Gasteiger partial charge in [0.1, 0.15) is 0 Å². The lowest BCUT2D eigenvalue weighted by atomic mass is 10.1. The zero-order valence-corrected chi connectivity index (χ0v) is 17.1. The number of benzene rings is 1. The van der Waals surface area contributed by atoms with Gasteiger partial charge in [0.05, 0.1) is 0 Å². The first-order valence-electron chi connectivity index (χ1n) is 11.0. The standard InChI is InChI=1S/C23H31N5O/c29-22(24-10-15-27-11-3-1-2-4-12-27)20-9-7-8-19(16-20)21-17-25-23(26-18-21)28-13-5-6-14-28/h7-9,16-18H,1-6,10-15H2,(H,24,29). The number of rotatable bonds is 6. The van der Waals surface area contributed by atoms with Gasteiger partial charge in [0, 0.05) is 49.7 Å². The quantitative estimate of drug-likeness (QED) is 0.816. The zero-order chi connectivity index (χ0) is 19.9. The second-order valence-corrected chi connectivity index (χ2v) is 8.06. The molecule has 6 nitrogen and oxygen atoms in total. The van der Waals surface area contributed by atoms with E-state index in [4.69, 9.17) is 0 Å². The molecule has 1 N–H and O–H groups in total. The van der Waals surface area contributed by atoms with E-state index in [-0.39, 0.29) is 5.91 Å². The first kappa shape index (κ1) is 19.8. The van der Waals surface area contributed by atoms with Gasteiger partial charge in [-0.2, -0.15) is 0 Å². The van der Waals surface area contributed by atoms with E-state index in [0.29, 0.717) is 12.1 Å². The molecule has 1 aromatic heterocycles. The summed E-state index contributed by atoms with van der Waals surface area (Å²) in [6.45, 7) is 5.99. The Kier molecular flexibility index (Phi) is 6.72. The second-order valence-electron chi connectivity index (χ2n) is 8.06. The Labute approximate surface area is 173 Å². The lowest BCUT2D eigenvalue weighted by molar-refractivity contribution is 0.0948. The van der Waals surface area contributed by atoms with Crippen LogP contribution in [0.3, 0.4) is 0 Å². The van der Waals surface area contributed by atoms with Crippen LogP contribution in [0.2, 0.25) is 0 Å². The van der Waals surface area contributed by atoms with Gasteiger partial charge in [-0.05, 0) is 56.5 Å². The highest BCUT2D eigenvalue weighted by Crippen LogP contribution is 2.22. The van der Waals surface area contributed by atoms with Crippen molar-refractivity contribution in [3.8, 4) is 11.1 Å². The van der Waals surface area contributed by atoms with Crippen molar-refractivity contribution in [1.29, 1.82) is 0 Å². The van der Waals surface area contributed by atoms with Crippen molar-refractivity contribution in [3.05, 3.63) is 42.2 Å². The third-order valence-corrected chi connectivity index (χ3v) is 5.90. The molecule has 2 saturated heterocycles. The number of likely N-dealkylation sites (tertiary alicyclic amines) is 1. The van der Waals surface area contributed by atoms with E-state index in [1.54, 1.807) is 0 Å². The Morgan fingerprint density at radius 3 is 2.31 bits per heavy atom. The summed E-state index contributed by atoms with van der Waals surface area (Å²) in [5.41, 5.74) is 2.59. The molecule has 2 aliphatic rings. The van der Waals surface area contributed by atoms with Gasteiger partial charge in [0.2, 0.25) is 5.95 Å². The maximum Gasteiger partial charge on any atom is 0.251 e. The van der Waals surface area contributed by atoms with Crippen LogP contribution in [-0.2, 0) is 0 Å². The van der Waals surface area contributed by atoms with Gasteiger partial charge < -0.3 is 15.1 Å². The summed E-state index contributed by atoms with van der Waals surface area (Å²) in [6.07, 6.45) is 11.3. The molecule has 2 aliphatic heterocycles. The van der Waals surface area contributed by atoms with Crippen LogP contribution in [0.4, 0.5) is 5.95 Å². The van der Waals surface area contributed by atoms with Crippen molar-refractivity contribution in [2.24, 2.45) is 0 Å². The van der Waals surface area contributed by atoms with E-state index in [2.05, 4.69) is 25.1 Å². The van der Waals surface area contributed by atoms with Crippen LogP contribution in [0.1, 0.15) is 48.9 Å². The van der Waals surface area contributed by atoms with E-state index >= 15 is 0 Å². The first-order chi connectivity index (χ1) is 14.3. The van der Waals surface area contributed by atoms with E-state index in [1.807, 2.05) is 36.7 Å². The van der Waals surface area contributed by atoms with Crippen LogP contribution in [0.15, 0.2) is 36.7 Å². The van der Waals surface area contributed by atoms with Gasteiger partial charge in [-0.15, -0.1) is 0 Å². The Balaban J connectivity index is 1.34. The SMILES string of the molecule is O=C(NCCN1CCCCCC1)c1cccc(-c2cnc(N3CCCC3)nc2)c1. The fourth-order valence-electron chi connectivity index (χ4n) is 4.18. The normalized spacial score (nSPS) is 17.9. The Bertz CT molecular complexity index is 793. The molecule has 29 heavy (non-hydrogen) atoms. The number of nitrogens with one attached hydrogen (secondary N) is 1. The summed E-state index contributed by atoms with van der Waals surface area (Å²) in [4.78, 5) is 26.3. The fourth-order valence-corrected chi connectivity index (χ4v) is 4.18. The smallest absolute Gasteiger partial charge is 0.251 e. The molecule has 0 saturated carbocycles. The summed E-state index contributed by atoms with van der Waals surface area (Å²) in [6, 6.07) is 7.72. The van der Waals surface area contributed by atoms with Crippen molar-refractivity contribution in [1.82, 2.24) is 20.2 Å². The lowest BCUT2D eigenvalue weighted by Crippen LogP contribution is -2.35. The van der Waals surface area contributed by atoms with Crippen molar-refractivity contribution >= 4 is 11.9 Å². The van der Waals surface area contributed by atoms with Crippen molar-refractivity contribution in [3.63, 3.8) is 0 Å². The molecular weight excluding hydrogens is 362 g/mol. The van der Waals surface area contributed by atoms with Gasteiger partial charge >= 0.3 is 0 Å². The Morgan fingerprint density at radius 1 is 0.897 bits per heavy atom. The molecule has 1 amide bonds. The summed E-state index contributed by atoms with van der Waals surface area (Å²) < 4.78 is 0. The predicted octanol–water partition coefficient (Wildman–Crippen LogP) is 3.35. The van der Waals surface area contributed by atoms with E-state index in [0.717, 1.165) is 49.8 Å². The van der Waals surface area contributed by atoms with Gasteiger partial charge in [-0.3, -0.25) is 4.79 Å². The van der Waals surface area contributed by atoms with E-state index in [1.165, 1.54) is 38.5 Å². The number of aromatic nitrogens is 2. The monoisotopic (exact) mass is 393 g/mol. The highest BCUT2D eigenvalue weighted by Gasteiger charge is 2.15. The minimum atomic E-state index is -0.0173. The summed E-state index contributed by atoms with van der Waals surface area (Å²) in [5.74, 6) is 0.782. The van der Waals surface area contributed by atoms with Crippen LogP contribution < -0.4 is 10.2 Å². The van der Waals surface area contributed by atoms with Crippen LogP contribution in [0.25, 0.3) is 11.1 Å². The number of carbonyl (C=O) groups is 1. The lowest BCUT2D eigenvalue weighted by Gasteiger charge is -2.19. The summed E-state index contributed by atoms with van der Waals surface area (Å²) >= 11 is 0. The summed E-state index contributed by atoms with van der Waals surface area (Å²) in [7, 11) is 0. The average molecular weight is 394 g/mol. The largest absolute Gasteiger partial charge is 0.351 e. The predicted molar refractivity (Wildman–Crippen MR) is 116 cm³/mol. The van der Waals surface area contributed by atoms with Gasteiger partial charge in [-0.1, -0.05) is 25.0 Å². The van der Waals surface area contributed by atoms with Crippen LogP contribution in [0, 0.1) is 0 Å². The molecule has 1 aromatic carbocycles. The molecule has 0 spiro atoms. The number of amides is 1. The molecule has 4 rings (SSSR count). The van der Waals surface area contributed by atoms with Crippen molar-refractivity contribution < 1.29 is 4.79 Å². The molecule has 154 valence electrons. The number of anilines is 1. The van der Waals surface area contributed by atoms with Crippen molar-refractivity contribution in [2.45, 2.75) is 38.5 Å². The number of nitrogens with zero attached hydrogens (tertiary/aromatic N) is 4. The average Bonchev–Trinajstić information content (AvgIpc) is 3.18. The number of hydrogen-bond acceptors (Lipinski definition) is 5. The summed E-state index contributed by atoms with van der Waals surface area (Å²) in [5, 5.41) is 3.07. The minimum absolute atomic E-state index is 0.0173. The molecular formula is C23H31N5O. The molecule has 0 bridgehead atoms. The highest BCUT2D eigenvalue weighted by molar-refractivity contribution is 5.95. The molecule has 2 aromatic rings. The third kappa shape index (κ3) is 5.32. The maximum atomic E-state index is 12.6. The zero-order valence-electron chi connectivity index (χ0n) is 17.1. The van der Waals surface area contributed by atoms with Crippen LogP contribution >= 0.6 is 0 Å². The van der Waals surface area contributed by atoms with Crippen LogP contribution in [0.5, 0.6) is 0 Å². The molecule has 2 fully saturated rings.